The number of hydrogen-bond donors (Lipinski definition) is 0. The Morgan fingerprint density at radius 1 is 1.23 bits per heavy atom. The Hall–Kier alpha value is -2.58. The van der Waals surface area contributed by atoms with Crippen molar-refractivity contribution in [3.05, 3.63) is 41.0 Å². The average molecular weight is 348 g/mol. The Balaban J connectivity index is 2.12. The molecule has 5 heteroatoms. The van der Waals surface area contributed by atoms with Gasteiger partial charge < -0.3 is 9.64 Å². The number of para-hydroxylation sites is 2. The molecule has 4 rings (SSSR count). The number of morpholine rings is 1. The second-order valence-electron chi connectivity index (χ2n) is 7.19. The van der Waals surface area contributed by atoms with Crippen LogP contribution in [0.4, 0.5) is 5.82 Å². The lowest BCUT2D eigenvalue weighted by molar-refractivity contribution is -0.00555. The summed E-state index contributed by atoms with van der Waals surface area (Å²) in [5, 5.41) is 9.81. The van der Waals surface area contributed by atoms with E-state index in [-0.39, 0.29) is 12.2 Å². The number of pyridine rings is 1. The molecule has 2 atom stereocenters. The molecule has 3 heterocycles. The first kappa shape index (κ1) is 16.9. The first-order valence-corrected chi connectivity index (χ1v) is 9.28. The van der Waals surface area contributed by atoms with Crippen LogP contribution in [0.25, 0.3) is 16.7 Å². The van der Waals surface area contributed by atoms with E-state index in [1.807, 2.05) is 25.1 Å². The number of nitrogens with zero attached hydrogens (tertiary/aromatic N) is 4. The lowest BCUT2D eigenvalue weighted by Crippen LogP contribution is -2.46. The molecule has 0 amide bonds. The van der Waals surface area contributed by atoms with E-state index in [2.05, 4.69) is 42.2 Å². The van der Waals surface area contributed by atoms with Crippen molar-refractivity contribution in [2.75, 3.05) is 18.0 Å². The van der Waals surface area contributed by atoms with Crippen molar-refractivity contribution in [2.45, 2.75) is 46.3 Å². The molecular weight excluding hydrogens is 324 g/mol. The maximum Gasteiger partial charge on any atom is 0.157 e. The van der Waals surface area contributed by atoms with Gasteiger partial charge >= 0.3 is 0 Å². The fourth-order valence-corrected chi connectivity index (χ4v) is 4.27. The van der Waals surface area contributed by atoms with Crippen LogP contribution in [0, 0.1) is 18.3 Å². The standard InChI is InChI=1S/C21H24N4O/c1-5-16-15(4)17(10-22)20-23-18-8-6-7-9-19(18)25(20)21(16)24-11-13(2)26-14(3)12-24/h6-9,13-14H,5,11-12H2,1-4H3/t13-,14-/m1/s1. The zero-order valence-corrected chi connectivity index (χ0v) is 15.8. The number of aromatic nitrogens is 2. The third kappa shape index (κ3) is 2.45. The van der Waals surface area contributed by atoms with Gasteiger partial charge in [-0.05, 0) is 50.5 Å². The Morgan fingerprint density at radius 2 is 1.92 bits per heavy atom. The lowest BCUT2D eigenvalue weighted by atomic mass is 10.0. The fourth-order valence-electron chi connectivity index (χ4n) is 4.27. The highest BCUT2D eigenvalue weighted by atomic mass is 16.5. The minimum atomic E-state index is 0.171. The van der Waals surface area contributed by atoms with E-state index >= 15 is 0 Å². The smallest absolute Gasteiger partial charge is 0.157 e. The average Bonchev–Trinajstić information content (AvgIpc) is 2.98. The molecule has 0 saturated carbocycles. The number of rotatable bonds is 2. The second-order valence-corrected chi connectivity index (χ2v) is 7.19. The highest BCUT2D eigenvalue weighted by Gasteiger charge is 2.28. The summed E-state index contributed by atoms with van der Waals surface area (Å²) in [7, 11) is 0. The molecule has 0 radical (unpaired) electrons. The zero-order chi connectivity index (χ0) is 18.4. The summed E-state index contributed by atoms with van der Waals surface area (Å²) < 4.78 is 8.13. The number of benzene rings is 1. The molecule has 3 aromatic rings. The molecular formula is C21H24N4O. The third-order valence-corrected chi connectivity index (χ3v) is 5.28. The van der Waals surface area contributed by atoms with E-state index < -0.39 is 0 Å². The van der Waals surface area contributed by atoms with Crippen molar-refractivity contribution in [1.29, 1.82) is 5.26 Å². The van der Waals surface area contributed by atoms with Crippen LogP contribution in [0.1, 0.15) is 37.5 Å². The zero-order valence-electron chi connectivity index (χ0n) is 15.8. The van der Waals surface area contributed by atoms with Gasteiger partial charge in [0.15, 0.2) is 5.65 Å². The largest absolute Gasteiger partial charge is 0.372 e. The molecule has 134 valence electrons. The molecule has 1 aliphatic rings. The molecule has 1 fully saturated rings. The number of fused-ring (bicyclic) bond motifs is 3. The first-order chi connectivity index (χ1) is 12.5. The Bertz CT molecular complexity index is 1020. The van der Waals surface area contributed by atoms with Crippen LogP contribution in [0.5, 0.6) is 0 Å². The summed E-state index contributed by atoms with van der Waals surface area (Å²) in [5.74, 6) is 1.16. The molecule has 5 nitrogen and oxygen atoms in total. The summed E-state index contributed by atoms with van der Waals surface area (Å²) >= 11 is 0. The van der Waals surface area contributed by atoms with Crippen LogP contribution in [-0.2, 0) is 11.2 Å². The lowest BCUT2D eigenvalue weighted by Gasteiger charge is -2.38. The summed E-state index contributed by atoms with van der Waals surface area (Å²) in [4.78, 5) is 7.21. The quantitative estimate of drug-likeness (QED) is 0.706. The topological polar surface area (TPSA) is 53.6 Å². The van der Waals surface area contributed by atoms with Gasteiger partial charge in [-0.1, -0.05) is 19.1 Å². The predicted molar refractivity (Wildman–Crippen MR) is 104 cm³/mol. The Kier molecular flexibility index (Phi) is 4.08. The van der Waals surface area contributed by atoms with E-state index in [4.69, 9.17) is 9.72 Å². The third-order valence-electron chi connectivity index (χ3n) is 5.28. The molecule has 0 N–H and O–H groups in total. The normalized spacial score (nSPS) is 20.7. The maximum atomic E-state index is 9.81. The van der Waals surface area contributed by atoms with Gasteiger partial charge in [0.05, 0.1) is 28.8 Å². The molecule has 26 heavy (non-hydrogen) atoms. The highest BCUT2D eigenvalue weighted by molar-refractivity contribution is 5.86. The summed E-state index contributed by atoms with van der Waals surface area (Å²) in [6, 6.07) is 10.5. The predicted octanol–water partition coefficient (Wildman–Crippen LogP) is 3.84. The van der Waals surface area contributed by atoms with Gasteiger partial charge in [0.2, 0.25) is 0 Å². The highest BCUT2D eigenvalue weighted by Crippen LogP contribution is 2.34. The minimum absolute atomic E-state index is 0.171. The van der Waals surface area contributed by atoms with Crippen molar-refractivity contribution in [1.82, 2.24) is 9.38 Å². The molecule has 1 aromatic carbocycles. The minimum Gasteiger partial charge on any atom is -0.372 e. The van der Waals surface area contributed by atoms with Crippen LogP contribution in [0.2, 0.25) is 0 Å². The van der Waals surface area contributed by atoms with E-state index in [1.54, 1.807) is 0 Å². The molecule has 1 aliphatic heterocycles. The van der Waals surface area contributed by atoms with Gasteiger partial charge in [0.1, 0.15) is 11.9 Å². The summed E-state index contributed by atoms with van der Waals surface area (Å²) in [6.07, 6.45) is 1.21. The Labute approximate surface area is 153 Å². The fraction of sp³-hybridized carbons (Fsp3) is 0.429. The van der Waals surface area contributed by atoms with Crippen LogP contribution in [0.15, 0.2) is 24.3 Å². The Morgan fingerprint density at radius 3 is 2.58 bits per heavy atom. The number of ether oxygens (including phenoxy) is 1. The number of nitriles is 1. The van der Waals surface area contributed by atoms with Gasteiger partial charge in [0, 0.05) is 13.1 Å². The molecule has 0 spiro atoms. The molecule has 0 bridgehead atoms. The first-order valence-electron chi connectivity index (χ1n) is 9.28. The van der Waals surface area contributed by atoms with E-state index in [9.17, 15) is 5.26 Å². The maximum absolute atomic E-state index is 9.81. The van der Waals surface area contributed by atoms with Crippen molar-refractivity contribution in [3.63, 3.8) is 0 Å². The van der Waals surface area contributed by atoms with Crippen molar-refractivity contribution in [2.24, 2.45) is 0 Å². The SMILES string of the molecule is CCc1c(C)c(C#N)c2nc3ccccc3n2c1N1C[C@@H](C)O[C@H](C)C1. The monoisotopic (exact) mass is 348 g/mol. The number of hydrogen-bond acceptors (Lipinski definition) is 4. The number of anilines is 1. The summed E-state index contributed by atoms with van der Waals surface area (Å²) in [5.41, 5.74) is 5.67. The van der Waals surface area contributed by atoms with Crippen molar-refractivity contribution >= 4 is 22.5 Å². The second kappa shape index (κ2) is 6.30. The van der Waals surface area contributed by atoms with Crippen molar-refractivity contribution < 1.29 is 4.74 Å². The van der Waals surface area contributed by atoms with Gasteiger partial charge in [0.25, 0.3) is 0 Å². The van der Waals surface area contributed by atoms with Crippen molar-refractivity contribution in [3.8, 4) is 6.07 Å². The molecule has 0 aliphatic carbocycles. The molecule has 2 aromatic heterocycles. The van der Waals surface area contributed by atoms with Gasteiger partial charge in [-0.2, -0.15) is 5.26 Å². The number of imidazole rings is 1. The van der Waals surface area contributed by atoms with Crippen LogP contribution >= 0.6 is 0 Å². The van der Waals surface area contributed by atoms with Crippen LogP contribution in [0.3, 0.4) is 0 Å². The van der Waals surface area contributed by atoms with E-state index in [0.717, 1.165) is 47.6 Å². The van der Waals surface area contributed by atoms with Gasteiger partial charge in [-0.15, -0.1) is 0 Å². The van der Waals surface area contributed by atoms with E-state index in [0.29, 0.717) is 5.56 Å². The molecule has 0 unspecified atom stereocenters. The summed E-state index contributed by atoms with van der Waals surface area (Å²) in [6.45, 7) is 10.1. The van der Waals surface area contributed by atoms with Crippen LogP contribution < -0.4 is 4.90 Å². The van der Waals surface area contributed by atoms with Gasteiger partial charge in [-0.3, -0.25) is 4.40 Å². The van der Waals surface area contributed by atoms with Gasteiger partial charge in [-0.25, -0.2) is 4.98 Å². The van der Waals surface area contributed by atoms with Crippen LogP contribution in [-0.4, -0.2) is 34.7 Å². The van der Waals surface area contributed by atoms with E-state index in [1.165, 1.54) is 5.56 Å². The molecule has 1 saturated heterocycles.